The summed E-state index contributed by atoms with van der Waals surface area (Å²) < 4.78 is 2.36. The van der Waals surface area contributed by atoms with Crippen LogP contribution in [0.2, 0.25) is 0 Å². The molecule has 0 saturated carbocycles. The van der Waals surface area contributed by atoms with Crippen LogP contribution in [0.15, 0.2) is 103 Å². The van der Waals surface area contributed by atoms with Crippen molar-refractivity contribution in [2.45, 2.75) is 118 Å². The number of hydrogen-bond donors (Lipinski definition) is 1. The van der Waals surface area contributed by atoms with E-state index in [9.17, 15) is 5.11 Å². The third-order valence-electron chi connectivity index (χ3n) is 11.3. The number of imidazole rings is 1. The fourth-order valence-corrected chi connectivity index (χ4v) is 7.91. The van der Waals surface area contributed by atoms with Crippen molar-refractivity contribution in [2.24, 2.45) is 0 Å². The minimum atomic E-state index is -0.290. The Morgan fingerprint density at radius 1 is 0.554 bits per heavy atom. The van der Waals surface area contributed by atoms with Crippen molar-refractivity contribution in [3.8, 4) is 45.2 Å². The quantitative estimate of drug-likeness (QED) is 0.185. The van der Waals surface area contributed by atoms with Gasteiger partial charge in [0.05, 0.1) is 33.5 Å². The van der Waals surface area contributed by atoms with Crippen LogP contribution in [0.4, 0.5) is 0 Å². The van der Waals surface area contributed by atoms with E-state index in [1.807, 2.05) is 6.07 Å². The van der Waals surface area contributed by atoms with Gasteiger partial charge < -0.3 is 5.11 Å². The first-order chi connectivity index (χ1) is 26.2. The molecule has 2 heterocycles. The second-order valence-corrected chi connectivity index (χ2v) is 19.4. The van der Waals surface area contributed by atoms with Gasteiger partial charge in [-0.25, -0.2) is 9.97 Å². The van der Waals surface area contributed by atoms with Gasteiger partial charge in [0.25, 0.3) is 0 Å². The largest absolute Gasteiger partial charge is 0.507 e. The molecular weight excluding hydrogens is 683 g/mol. The van der Waals surface area contributed by atoms with Crippen molar-refractivity contribution in [3.63, 3.8) is 0 Å². The molecule has 0 spiro atoms. The maximum Gasteiger partial charge on any atom is 0.149 e. The van der Waals surface area contributed by atoms with Gasteiger partial charge in [0, 0.05) is 22.1 Å². The van der Waals surface area contributed by atoms with Gasteiger partial charge in [-0.05, 0) is 92.3 Å². The molecule has 0 fully saturated rings. The molecule has 2 aromatic heterocycles. The molecule has 0 aliphatic heterocycles. The summed E-state index contributed by atoms with van der Waals surface area (Å²) in [6, 6.07) is 37.1. The summed E-state index contributed by atoms with van der Waals surface area (Å²) in [5.74, 6) is 1.56. The summed E-state index contributed by atoms with van der Waals surface area (Å²) in [4.78, 5) is 10.8. The summed E-state index contributed by atoms with van der Waals surface area (Å²) in [6.45, 7) is 29.1. The van der Waals surface area contributed by atoms with E-state index in [0.29, 0.717) is 0 Å². The highest BCUT2D eigenvalue weighted by atomic mass is 16.3. The number of nitrogens with zero attached hydrogens (tertiary/aromatic N) is 3. The average Bonchev–Trinajstić information content (AvgIpc) is 3.52. The van der Waals surface area contributed by atoms with Crippen molar-refractivity contribution < 1.29 is 5.11 Å². The van der Waals surface area contributed by atoms with Crippen LogP contribution in [0, 0.1) is 0 Å². The molecule has 4 heteroatoms. The van der Waals surface area contributed by atoms with Gasteiger partial charge in [-0.1, -0.05) is 157 Å². The number of para-hydroxylation sites is 3. The fraction of sp³-hybridized carbons (Fsp3) is 0.346. The number of aromatic nitrogens is 3. The summed E-state index contributed by atoms with van der Waals surface area (Å²) in [6.07, 6.45) is 0. The summed E-state index contributed by atoms with van der Waals surface area (Å²) in [5.41, 5.74) is 14.2. The molecule has 4 nitrogen and oxygen atoms in total. The standard InChI is InChI=1S/C52H59N3O/c1-31(2)38-19-16-20-39(32(3)4)47(38)55-45-23-17-21-40(46(45)54-49(55)41-29-37(51(8,9)10)30-42(48(41)56)52(11,12)13)34-26-35(28-36(27-34)50(5,6)7)44-25-24-33-18-14-15-22-43(33)53-44/h14-32,56H,1-13H3. The number of pyridine rings is 1. The first kappa shape index (κ1) is 39.0. The Bertz CT molecular complexity index is 2570. The number of fused-ring (bicyclic) bond motifs is 2. The molecule has 7 aromatic rings. The highest BCUT2D eigenvalue weighted by Gasteiger charge is 2.30. The van der Waals surface area contributed by atoms with Gasteiger partial charge in [0.15, 0.2) is 0 Å². The molecule has 288 valence electrons. The van der Waals surface area contributed by atoms with Crippen LogP contribution in [-0.2, 0) is 16.2 Å². The van der Waals surface area contributed by atoms with Crippen molar-refractivity contribution in [1.29, 1.82) is 0 Å². The van der Waals surface area contributed by atoms with E-state index < -0.39 is 0 Å². The minimum Gasteiger partial charge on any atom is -0.507 e. The maximum atomic E-state index is 12.4. The summed E-state index contributed by atoms with van der Waals surface area (Å²) in [7, 11) is 0. The van der Waals surface area contributed by atoms with Crippen LogP contribution in [0.5, 0.6) is 5.75 Å². The van der Waals surface area contributed by atoms with Gasteiger partial charge in [-0.3, -0.25) is 4.57 Å². The van der Waals surface area contributed by atoms with Crippen LogP contribution in [0.3, 0.4) is 0 Å². The van der Waals surface area contributed by atoms with E-state index >= 15 is 0 Å². The van der Waals surface area contributed by atoms with Crippen LogP contribution in [0.1, 0.15) is 130 Å². The monoisotopic (exact) mass is 741 g/mol. The molecular formula is C52H59N3O. The zero-order valence-corrected chi connectivity index (χ0v) is 35.8. The second kappa shape index (κ2) is 14.1. The van der Waals surface area contributed by atoms with Crippen LogP contribution >= 0.6 is 0 Å². The van der Waals surface area contributed by atoms with E-state index in [1.165, 1.54) is 22.3 Å². The Morgan fingerprint density at radius 3 is 1.79 bits per heavy atom. The Balaban J connectivity index is 1.61. The Labute approximate surface area is 334 Å². The molecule has 7 rings (SSSR count). The molecule has 0 aliphatic carbocycles. The molecule has 0 aliphatic rings. The van der Waals surface area contributed by atoms with Crippen molar-refractivity contribution >= 4 is 21.9 Å². The third-order valence-corrected chi connectivity index (χ3v) is 11.3. The van der Waals surface area contributed by atoms with Crippen molar-refractivity contribution in [3.05, 3.63) is 131 Å². The molecule has 0 bridgehead atoms. The normalized spacial score (nSPS) is 12.8. The van der Waals surface area contributed by atoms with Gasteiger partial charge >= 0.3 is 0 Å². The molecule has 1 N–H and O–H groups in total. The highest BCUT2D eigenvalue weighted by Crippen LogP contribution is 2.46. The Morgan fingerprint density at radius 2 is 1.16 bits per heavy atom. The van der Waals surface area contributed by atoms with Crippen molar-refractivity contribution in [1.82, 2.24) is 14.5 Å². The van der Waals surface area contributed by atoms with Gasteiger partial charge in [-0.2, -0.15) is 0 Å². The predicted octanol–water partition coefficient (Wildman–Crippen LogP) is 14.4. The molecule has 0 unspecified atom stereocenters. The maximum absolute atomic E-state index is 12.4. The topological polar surface area (TPSA) is 50.9 Å². The lowest BCUT2D eigenvalue weighted by atomic mass is 9.79. The van der Waals surface area contributed by atoms with Crippen LogP contribution in [0.25, 0.3) is 61.4 Å². The van der Waals surface area contributed by atoms with Crippen LogP contribution in [-0.4, -0.2) is 19.6 Å². The number of benzene rings is 5. The SMILES string of the molecule is CC(C)c1cccc(C(C)C)c1-n1c(-c2cc(C(C)(C)C)cc(C(C)(C)C)c2O)nc2c(-c3cc(-c4ccc5ccccc5n4)cc(C(C)(C)C)c3)cccc21. The van der Waals surface area contributed by atoms with E-state index in [-0.39, 0.29) is 33.8 Å². The first-order valence-corrected chi connectivity index (χ1v) is 20.3. The van der Waals surface area contributed by atoms with Crippen molar-refractivity contribution in [2.75, 3.05) is 0 Å². The van der Waals surface area contributed by atoms with Gasteiger partial charge in [0.1, 0.15) is 11.6 Å². The minimum absolute atomic E-state index is 0.106. The van der Waals surface area contributed by atoms with E-state index in [1.54, 1.807) is 0 Å². The Kier molecular flexibility index (Phi) is 9.80. The highest BCUT2D eigenvalue weighted by molar-refractivity contribution is 5.97. The predicted molar refractivity (Wildman–Crippen MR) is 239 cm³/mol. The number of hydrogen-bond acceptors (Lipinski definition) is 3. The lowest BCUT2D eigenvalue weighted by Gasteiger charge is -2.28. The first-order valence-electron chi connectivity index (χ1n) is 20.3. The van der Waals surface area contributed by atoms with E-state index in [2.05, 4.69) is 192 Å². The molecule has 0 saturated heterocycles. The summed E-state index contributed by atoms with van der Waals surface area (Å²) >= 11 is 0. The van der Waals surface area contributed by atoms with Gasteiger partial charge in [0.2, 0.25) is 0 Å². The molecule has 0 atom stereocenters. The molecule has 56 heavy (non-hydrogen) atoms. The van der Waals surface area contributed by atoms with Crippen LogP contribution < -0.4 is 0 Å². The lowest BCUT2D eigenvalue weighted by molar-refractivity contribution is 0.446. The molecule has 5 aromatic carbocycles. The molecule has 0 radical (unpaired) electrons. The zero-order valence-electron chi connectivity index (χ0n) is 35.8. The second-order valence-electron chi connectivity index (χ2n) is 19.4. The fourth-order valence-electron chi connectivity index (χ4n) is 7.91. The average molecular weight is 742 g/mol. The zero-order chi connectivity index (χ0) is 40.5. The third kappa shape index (κ3) is 7.15. The smallest absolute Gasteiger partial charge is 0.149 e. The lowest BCUT2D eigenvalue weighted by Crippen LogP contribution is -2.17. The molecule has 0 amide bonds. The van der Waals surface area contributed by atoms with E-state index in [4.69, 9.17) is 9.97 Å². The number of phenols is 1. The number of rotatable bonds is 6. The Hall–Kier alpha value is -5.22. The number of phenolic OH excluding ortho intramolecular Hbond substituents is 1. The van der Waals surface area contributed by atoms with Gasteiger partial charge in [-0.15, -0.1) is 0 Å². The van der Waals surface area contributed by atoms with E-state index in [0.717, 1.165) is 67.0 Å². The number of aromatic hydroxyl groups is 1. The summed E-state index contributed by atoms with van der Waals surface area (Å²) in [5, 5.41) is 13.5.